The summed E-state index contributed by atoms with van der Waals surface area (Å²) in [5.41, 5.74) is 4.89. The van der Waals surface area contributed by atoms with Crippen molar-refractivity contribution in [2.75, 3.05) is 0 Å². The van der Waals surface area contributed by atoms with Crippen molar-refractivity contribution in [1.29, 1.82) is 0 Å². The monoisotopic (exact) mass is 442 g/mol. The highest BCUT2D eigenvalue weighted by Gasteiger charge is 2.05. The van der Waals surface area contributed by atoms with E-state index in [0.717, 1.165) is 19.3 Å². The van der Waals surface area contributed by atoms with Crippen LogP contribution in [0.25, 0.3) is 0 Å². The molecule has 2 aromatic rings. The van der Waals surface area contributed by atoms with E-state index in [0.29, 0.717) is 5.56 Å². The number of carbonyl (C=O) groups is 1. The smallest absolute Gasteiger partial charge is 0.267 e. The topological polar surface area (TPSA) is 41.5 Å². The van der Waals surface area contributed by atoms with E-state index in [-0.39, 0.29) is 5.91 Å². The zero-order chi connectivity index (χ0) is 14.5. The zero-order valence-electron chi connectivity index (χ0n) is 10.7. The van der Waals surface area contributed by atoms with Gasteiger partial charge in [-0.25, -0.2) is 5.43 Å². The average Bonchev–Trinajstić information content (AvgIpc) is 2.45. The fraction of sp³-hybridized carbons (Fsp3) is 0.0667. The first-order valence-electron chi connectivity index (χ1n) is 5.92. The minimum absolute atomic E-state index is 0.226. The van der Waals surface area contributed by atoms with Gasteiger partial charge in [0.2, 0.25) is 0 Å². The van der Waals surface area contributed by atoms with Crippen molar-refractivity contribution in [2.45, 2.75) is 6.92 Å². The van der Waals surface area contributed by atoms with Gasteiger partial charge in [0.1, 0.15) is 0 Å². The van der Waals surface area contributed by atoms with Crippen LogP contribution < -0.4 is 5.43 Å². The van der Waals surface area contributed by atoms with Gasteiger partial charge in [-0.1, -0.05) is 34.1 Å². The quantitative estimate of drug-likeness (QED) is 0.432. The SMILES string of the molecule is C/C(=N/NC(=O)c1cccc(Br)c1)c1ccc(I)cc1. The molecule has 0 heterocycles. The molecule has 0 aromatic heterocycles. The Morgan fingerprint density at radius 2 is 1.85 bits per heavy atom. The van der Waals surface area contributed by atoms with E-state index in [4.69, 9.17) is 0 Å². The van der Waals surface area contributed by atoms with Gasteiger partial charge in [-0.15, -0.1) is 0 Å². The van der Waals surface area contributed by atoms with Crippen molar-refractivity contribution in [2.24, 2.45) is 5.10 Å². The van der Waals surface area contributed by atoms with Gasteiger partial charge in [-0.3, -0.25) is 4.79 Å². The number of halogens is 2. The largest absolute Gasteiger partial charge is 0.271 e. The molecule has 0 aliphatic carbocycles. The summed E-state index contributed by atoms with van der Waals surface area (Å²) >= 11 is 5.59. The van der Waals surface area contributed by atoms with Crippen molar-refractivity contribution in [3.8, 4) is 0 Å². The molecule has 0 aliphatic heterocycles. The summed E-state index contributed by atoms with van der Waals surface area (Å²) in [5, 5.41) is 4.13. The third kappa shape index (κ3) is 4.14. The minimum atomic E-state index is -0.226. The summed E-state index contributed by atoms with van der Waals surface area (Å²) in [6.07, 6.45) is 0. The Kier molecular flexibility index (Phi) is 5.31. The van der Waals surface area contributed by atoms with Crippen LogP contribution in [0.5, 0.6) is 0 Å². The normalized spacial score (nSPS) is 11.2. The Morgan fingerprint density at radius 1 is 1.15 bits per heavy atom. The summed E-state index contributed by atoms with van der Waals surface area (Å²) < 4.78 is 2.03. The molecule has 0 saturated heterocycles. The van der Waals surface area contributed by atoms with E-state index >= 15 is 0 Å². The van der Waals surface area contributed by atoms with E-state index in [9.17, 15) is 4.79 Å². The lowest BCUT2D eigenvalue weighted by Crippen LogP contribution is -2.19. The van der Waals surface area contributed by atoms with Gasteiger partial charge in [0, 0.05) is 13.6 Å². The molecule has 5 heteroatoms. The molecule has 2 aromatic carbocycles. The molecule has 1 amide bonds. The number of rotatable bonds is 3. The summed E-state index contributed by atoms with van der Waals surface area (Å²) in [4.78, 5) is 11.9. The minimum Gasteiger partial charge on any atom is -0.267 e. The molecule has 0 atom stereocenters. The third-order valence-electron chi connectivity index (χ3n) is 2.67. The lowest BCUT2D eigenvalue weighted by molar-refractivity contribution is 0.0955. The second-order valence-electron chi connectivity index (χ2n) is 4.16. The summed E-state index contributed by atoms with van der Waals surface area (Å²) in [7, 11) is 0. The van der Waals surface area contributed by atoms with Crippen LogP contribution in [-0.2, 0) is 0 Å². The van der Waals surface area contributed by atoms with Crippen LogP contribution in [0.3, 0.4) is 0 Å². The Labute approximate surface area is 139 Å². The second-order valence-corrected chi connectivity index (χ2v) is 6.32. The van der Waals surface area contributed by atoms with Gasteiger partial charge in [0.15, 0.2) is 0 Å². The van der Waals surface area contributed by atoms with E-state index in [1.807, 2.05) is 43.3 Å². The molecule has 1 N–H and O–H groups in total. The number of carbonyl (C=O) groups excluding carboxylic acids is 1. The van der Waals surface area contributed by atoms with Crippen LogP contribution in [0.15, 0.2) is 58.1 Å². The van der Waals surface area contributed by atoms with Crippen LogP contribution in [0.2, 0.25) is 0 Å². The van der Waals surface area contributed by atoms with Gasteiger partial charge < -0.3 is 0 Å². The van der Waals surface area contributed by atoms with Crippen molar-refractivity contribution in [1.82, 2.24) is 5.43 Å². The summed E-state index contributed by atoms with van der Waals surface area (Å²) in [5.74, 6) is -0.226. The van der Waals surface area contributed by atoms with Crippen molar-refractivity contribution < 1.29 is 4.79 Å². The molecule has 0 aliphatic rings. The van der Waals surface area contributed by atoms with Gasteiger partial charge in [-0.2, -0.15) is 5.10 Å². The molecule has 0 fully saturated rings. The maximum Gasteiger partial charge on any atom is 0.271 e. The lowest BCUT2D eigenvalue weighted by Gasteiger charge is -2.03. The first-order chi connectivity index (χ1) is 9.56. The van der Waals surface area contributed by atoms with Crippen LogP contribution in [0.4, 0.5) is 0 Å². The maximum absolute atomic E-state index is 11.9. The van der Waals surface area contributed by atoms with Gasteiger partial charge in [0.25, 0.3) is 5.91 Å². The standard InChI is InChI=1S/C15H12BrIN2O/c1-10(11-5-7-14(17)8-6-11)18-19-15(20)12-3-2-4-13(16)9-12/h2-9H,1H3,(H,19,20)/b18-10-. The van der Waals surface area contributed by atoms with Crippen LogP contribution >= 0.6 is 38.5 Å². The molecule has 102 valence electrons. The van der Waals surface area contributed by atoms with E-state index < -0.39 is 0 Å². The fourth-order valence-corrected chi connectivity index (χ4v) is 2.34. The molecule has 3 nitrogen and oxygen atoms in total. The molecule has 2 rings (SSSR count). The maximum atomic E-state index is 11.9. The number of hydrazone groups is 1. The van der Waals surface area contributed by atoms with Crippen LogP contribution in [-0.4, -0.2) is 11.6 Å². The molecule has 0 bridgehead atoms. The summed E-state index contributed by atoms with van der Waals surface area (Å²) in [6, 6.07) is 15.2. The third-order valence-corrected chi connectivity index (χ3v) is 3.89. The molecule has 0 saturated carbocycles. The van der Waals surface area contributed by atoms with Crippen LogP contribution in [0, 0.1) is 3.57 Å². The first kappa shape index (κ1) is 15.2. The number of nitrogens with zero attached hydrogens (tertiary/aromatic N) is 1. The number of hydrogen-bond donors (Lipinski definition) is 1. The molecular weight excluding hydrogens is 431 g/mol. The van der Waals surface area contributed by atoms with E-state index in [1.165, 1.54) is 0 Å². The van der Waals surface area contributed by atoms with Gasteiger partial charge in [-0.05, 0) is 65.4 Å². The number of nitrogens with one attached hydrogen (secondary N) is 1. The average molecular weight is 443 g/mol. The highest BCUT2D eigenvalue weighted by Crippen LogP contribution is 2.11. The highest BCUT2D eigenvalue weighted by molar-refractivity contribution is 14.1. The Morgan fingerprint density at radius 3 is 2.50 bits per heavy atom. The van der Waals surface area contributed by atoms with Crippen molar-refractivity contribution in [3.63, 3.8) is 0 Å². The molecule has 0 spiro atoms. The summed E-state index contributed by atoms with van der Waals surface area (Å²) in [6.45, 7) is 1.86. The highest BCUT2D eigenvalue weighted by atomic mass is 127. The number of hydrogen-bond acceptors (Lipinski definition) is 2. The molecule has 0 radical (unpaired) electrons. The van der Waals surface area contributed by atoms with Gasteiger partial charge in [0.05, 0.1) is 5.71 Å². The number of benzene rings is 2. The van der Waals surface area contributed by atoms with Crippen molar-refractivity contribution in [3.05, 3.63) is 67.7 Å². The Hall–Kier alpha value is -1.21. The fourth-order valence-electron chi connectivity index (χ4n) is 1.58. The lowest BCUT2D eigenvalue weighted by atomic mass is 10.1. The molecule has 0 unspecified atom stereocenters. The van der Waals surface area contributed by atoms with Crippen molar-refractivity contribution >= 4 is 50.1 Å². The van der Waals surface area contributed by atoms with E-state index in [1.54, 1.807) is 12.1 Å². The zero-order valence-corrected chi connectivity index (χ0v) is 14.5. The van der Waals surface area contributed by atoms with E-state index in [2.05, 4.69) is 49.0 Å². The number of amides is 1. The second kappa shape index (κ2) is 6.99. The van der Waals surface area contributed by atoms with Gasteiger partial charge >= 0.3 is 0 Å². The Bertz CT molecular complexity index is 653. The molecular formula is C15H12BrIN2O. The van der Waals surface area contributed by atoms with Crippen LogP contribution in [0.1, 0.15) is 22.8 Å². The molecule has 20 heavy (non-hydrogen) atoms. The predicted octanol–water partition coefficient (Wildman–Crippen LogP) is 4.21. The Balaban J connectivity index is 2.08. The first-order valence-corrected chi connectivity index (χ1v) is 7.79. The predicted molar refractivity (Wildman–Crippen MR) is 93.0 cm³/mol.